The summed E-state index contributed by atoms with van der Waals surface area (Å²) in [6, 6.07) is 4.12. The van der Waals surface area contributed by atoms with Crippen molar-refractivity contribution in [1.29, 1.82) is 5.26 Å². The minimum atomic E-state index is -0.196. The number of nitrogens with one attached hydrogen (secondary N) is 1. The maximum atomic E-state index is 9.77. The molecule has 1 N–H and O–H groups in total. The quantitative estimate of drug-likeness (QED) is 0.814. The number of hydrogen-bond acceptors (Lipinski definition) is 3. The molecule has 0 amide bonds. The zero-order valence-electron chi connectivity index (χ0n) is 13.6. The fourth-order valence-electron chi connectivity index (χ4n) is 4.57. The Bertz CT molecular complexity index is 384. The highest BCUT2D eigenvalue weighted by Crippen LogP contribution is 2.40. The van der Waals surface area contributed by atoms with Gasteiger partial charge in [0.15, 0.2) is 0 Å². The van der Waals surface area contributed by atoms with Gasteiger partial charge in [-0.1, -0.05) is 19.8 Å². The number of hydrogen-bond donors (Lipinski definition) is 1. The van der Waals surface area contributed by atoms with Crippen LogP contribution in [0.4, 0.5) is 0 Å². The molecule has 3 atom stereocenters. The van der Waals surface area contributed by atoms with Crippen molar-refractivity contribution in [3.05, 3.63) is 0 Å². The van der Waals surface area contributed by atoms with E-state index in [1.165, 1.54) is 70.9 Å². The number of rotatable bonds is 6. The first-order valence-electron chi connectivity index (χ1n) is 9.20. The van der Waals surface area contributed by atoms with Crippen LogP contribution in [-0.4, -0.2) is 35.6 Å². The van der Waals surface area contributed by atoms with E-state index in [0.717, 1.165) is 12.5 Å². The third kappa shape index (κ3) is 3.43. The molecule has 2 aliphatic carbocycles. The molecule has 1 aliphatic heterocycles. The molecule has 3 heteroatoms. The van der Waals surface area contributed by atoms with E-state index in [9.17, 15) is 5.26 Å². The monoisotopic (exact) mass is 289 g/mol. The van der Waals surface area contributed by atoms with E-state index in [0.29, 0.717) is 12.0 Å². The third-order valence-corrected chi connectivity index (χ3v) is 6.04. The number of nitrogens with zero attached hydrogens (tertiary/aromatic N) is 2. The van der Waals surface area contributed by atoms with Crippen LogP contribution in [-0.2, 0) is 0 Å². The van der Waals surface area contributed by atoms with E-state index in [1.807, 2.05) is 0 Å². The highest BCUT2D eigenvalue weighted by Gasteiger charge is 2.46. The van der Waals surface area contributed by atoms with Crippen molar-refractivity contribution in [1.82, 2.24) is 10.2 Å². The average Bonchev–Trinajstić information content (AvgIpc) is 3.24. The van der Waals surface area contributed by atoms with Gasteiger partial charge in [0.25, 0.3) is 0 Å². The molecule has 3 aliphatic rings. The molecule has 0 aromatic heterocycles. The molecule has 3 unspecified atom stereocenters. The molecule has 0 spiro atoms. The largest absolute Gasteiger partial charge is 0.300 e. The van der Waals surface area contributed by atoms with E-state index in [-0.39, 0.29) is 5.54 Å². The average molecular weight is 289 g/mol. The summed E-state index contributed by atoms with van der Waals surface area (Å²) in [5.41, 5.74) is -0.196. The van der Waals surface area contributed by atoms with Crippen molar-refractivity contribution in [2.75, 3.05) is 13.1 Å². The summed E-state index contributed by atoms with van der Waals surface area (Å²) in [5.74, 6) is 0.572. The highest BCUT2D eigenvalue weighted by molar-refractivity contribution is 5.16. The summed E-state index contributed by atoms with van der Waals surface area (Å²) in [6.45, 7) is 4.81. The summed E-state index contributed by atoms with van der Waals surface area (Å²) >= 11 is 0. The fourth-order valence-corrected chi connectivity index (χ4v) is 4.57. The van der Waals surface area contributed by atoms with Crippen molar-refractivity contribution in [3.63, 3.8) is 0 Å². The van der Waals surface area contributed by atoms with Crippen LogP contribution in [0.25, 0.3) is 0 Å². The zero-order valence-corrected chi connectivity index (χ0v) is 13.6. The topological polar surface area (TPSA) is 39.1 Å². The Morgan fingerprint density at radius 3 is 2.76 bits per heavy atom. The van der Waals surface area contributed by atoms with E-state index in [1.54, 1.807) is 0 Å². The molecule has 3 rings (SSSR count). The first kappa shape index (κ1) is 15.3. The van der Waals surface area contributed by atoms with Crippen molar-refractivity contribution in [2.45, 2.75) is 88.8 Å². The fraction of sp³-hybridized carbons (Fsp3) is 0.944. The second-order valence-electron chi connectivity index (χ2n) is 7.47. The van der Waals surface area contributed by atoms with Crippen LogP contribution in [0.5, 0.6) is 0 Å². The van der Waals surface area contributed by atoms with Crippen LogP contribution in [0.2, 0.25) is 0 Å². The summed E-state index contributed by atoms with van der Waals surface area (Å²) in [7, 11) is 0. The molecule has 3 nitrogen and oxygen atoms in total. The molecule has 0 aromatic rings. The Balaban J connectivity index is 1.56. The lowest BCUT2D eigenvalue weighted by Gasteiger charge is -2.37. The summed E-state index contributed by atoms with van der Waals surface area (Å²) in [5, 5.41) is 13.5. The SMILES string of the molecule is CCC1CCCCN1CCC1CCCC1(C#N)NC1CC1. The predicted molar refractivity (Wildman–Crippen MR) is 86.0 cm³/mol. The summed E-state index contributed by atoms with van der Waals surface area (Å²) in [6.07, 6.45) is 12.8. The Labute approximate surface area is 130 Å². The summed E-state index contributed by atoms with van der Waals surface area (Å²) in [4.78, 5) is 2.71. The zero-order chi connectivity index (χ0) is 14.7. The van der Waals surface area contributed by atoms with Crippen molar-refractivity contribution in [2.24, 2.45) is 5.92 Å². The van der Waals surface area contributed by atoms with Gasteiger partial charge in [-0.2, -0.15) is 5.26 Å². The Hall–Kier alpha value is -0.590. The molecule has 118 valence electrons. The van der Waals surface area contributed by atoms with Crippen LogP contribution in [0.1, 0.15) is 71.1 Å². The van der Waals surface area contributed by atoms with Gasteiger partial charge >= 0.3 is 0 Å². The molecule has 0 bridgehead atoms. The molecule has 1 heterocycles. The lowest BCUT2D eigenvalue weighted by atomic mass is 9.85. The van der Waals surface area contributed by atoms with Gasteiger partial charge in [-0.15, -0.1) is 0 Å². The van der Waals surface area contributed by atoms with E-state index < -0.39 is 0 Å². The lowest BCUT2D eigenvalue weighted by Crippen LogP contribution is -2.49. The molecule has 0 radical (unpaired) electrons. The van der Waals surface area contributed by atoms with Gasteiger partial charge < -0.3 is 4.90 Å². The Morgan fingerprint density at radius 2 is 2.05 bits per heavy atom. The van der Waals surface area contributed by atoms with Crippen molar-refractivity contribution in [3.8, 4) is 6.07 Å². The van der Waals surface area contributed by atoms with Crippen LogP contribution in [0, 0.1) is 17.2 Å². The minimum Gasteiger partial charge on any atom is -0.300 e. The molecule has 21 heavy (non-hydrogen) atoms. The van der Waals surface area contributed by atoms with Crippen LogP contribution < -0.4 is 5.32 Å². The smallest absolute Gasteiger partial charge is 0.109 e. The van der Waals surface area contributed by atoms with Gasteiger partial charge in [0.1, 0.15) is 5.54 Å². The van der Waals surface area contributed by atoms with Gasteiger partial charge in [-0.05, 0) is 70.4 Å². The molecular formula is C18H31N3. The Morgan fingerprint density at radius 1 is 1.19 bits per heavy atom. The van der Waals surface area contributed by atoms with E-state index in [2.05, 4.69) is 23.2 Å². The van der Waals surface area contributed by atoms with Crippen LogP contribution in [0.3, 0.4) is 0 Å². The van der Waals surface area contributed by atoms with Gasteiger partial charge in [0.05, 0.1) is 6.07 Å². The lowest BCUT2D eigenvalue weighted by molar-refractivity contribution is 0.128. The molecule has 3 fully saturated rings. The minimum absolute atomic E-state index is 0.196. The second kappa shape index (κ2) is 6.67. The predicted octanol–water partition coefficient (Wildman–Crippen LogP) is 3.46. The summed E-state index contributed by atoms with van der Waals surface area (Å²) < 4.78 is 0. The van der Waals surface area contributed by atoms with Crippen molar-refractivity contribution >= 4 is 0 Å². The second-order valence-corrected chi connectivity index (χ2v) is 7.47. The van der Waals surface area contributed by atoms with E-state index >= 15 is 0 Å². The van der Waals surface area contributed by atoms with Crippen molar-refractivity contribution < 1.29 is 0 Å². The van der Waals surface area contributed by atoms with Crippen LogP contribution in [0.15, 0.2) is 0 Å². The normalized spacial score (nSPS) is 37.5. The van der Waals surface area contributed by atoms with Crippen LogP contribution >= 0.6 is 0 Å². The van der Waals surface area contributed by atoms with Gasteiger partial charge in [-0.25, -0.2) is 0 Å². The number of likely N-dealkylation sites (tertiary alicyclic amines) is 1. The number of piperidine rings is 1. The third-order valence-electron chi connectivity index (χ3n) is 6.04. The first-order chi connectivity index (χ1) is 10.3. The molecule has 1 saturated heterocycles. The molecular weight excluding hydrogens is 258 g/mol. The van der Waals surface area contributed by atoms with E-state index in [4.69, 9.17) is 0 Å². The molecule has 2 saturated carbocycles. The highest BCUT2D eigenvalue weighted by atomic mass is 15.2. The first-order valence-corrected chi connectivity index (χ1v) is 9.20. The standard InChI is InChI=1S/C18H31N3/c1-2-17-7-3-4-12-21(17)13-10-15-6-5-11-18(15,14-19)20-16-8-9-16/h15-17,20H,2-13H2,1H3. The van der Waals surface area contributed by atoms with Gasteiger partial charge in [0.2, 0.25) is 0 Å². The maximum absolute atomic E-state index is 9.77. The molecule has 0 aromatic carbocycles. The maximum Gasteiger partial charge on any atom is 0.109 e. The number of nitriles is 1. The van der Waals surface area contributed by atoms with Gasteiger partial charge in [-0.3, -0.25) is 5.32 Å². The van der Waals surface area contributed by atoms with Gasteiger partial charge in [0, 0.05) is 12.1 Å². The Kier molecular flexibility index (Phi) is 4.86.